The lowest BCUT2D eigenvalue weighted by molar-refractivity contribution is -0.143. The molecule has 0 radical (unpaired) electrons. The van der Waals surface area contributed by atoms with Gasteiger partial charge in [-0.3, -0.25) is 9.59 Å². The van der Waals surface area contributed by atoms with Crippen LogP contribution in [0.25, 0.3) is 0 Å². The number of benzene rings is 1. The van der Waals surface area contributed by atoms with Gasteiger partial charge in [0, 0.05) is 25.2 Å². The molecule has 124 valence electrons. The summed E-state index contributed by atoms with van der Waals surface area (Å²) in [5.41, 5.74) is 6.37. The van der Waals surface area contributed by atoms with Crippen molar-refractivity contribution in [2.75, 3.05) is 13.1 Å². The summed E-state index contributed by atoms with van der Waals surface area (Å²) in [7, 11) is 0. The van der Waals surface area contributed by atoms with Crippen molar-refractivity contribution in [3.63, 3.8) is 0 Å². The Bertz CT molecular complexity index is 617. The molecule has 0 spiro atoms. The van der Waals surface area contributed by atoms with Crippen LogP contribution in [0.15, 0.2) is 24.3 Å². The van der Waals surface area contributed by atoms with Gasteiger partial charge in [-0.2, -0.15) is 0 Å². The highest BCUT2D eigenvalue weighted by Gasteiger charge is 2.31. The quantitative estimate of drug-likeness (QED) is 0.769. The molecule has 0 aliphatic carbocycles. The van der Waals surface area contributed by atoms with Crippen molar-refractivity contribution in [2.45, 2.75) is 19.9 Å². The maximum absolute atomic E-state index is 12.2. The van der Waals surface area contributed by atoms with E-state index >= 15 is 0 Å². The van der Waals surface area contributed by atoms with Gasteiger partial charge in [-0.15, -0.1) is 0 Å². The molecule has 1 fully saturated rings. The van der Waals surface area contributed by atoms with E-state index in [2.05, 4.69) is 5.32 Å². The third kappa shape index (κ3) is 4.45. The summed E-state index contributed by atoms with van der Waals surface area (Å²) in [6.07, 6.45) is 0.583. The number of carbonyl (C=O) groups excluding carboxylic acids is 2. The van der Waals surface area contributed by atoms with Crippen LogP contribution in [0.4, 0.5) is 4.79 Å². The molecule has 7 nitrogen and oxygen atoms in total. The maximum atomic E-state index is 12.2. The molecule has 1 aliphatic rings. The van der Waals surface area contributed by atoms with E-state index in [1.165, 1.54) is 4.90 Å². The second kappa shape index (κ2) is 7.13. The molecule has 0 bridgehead atoms. The summed E-state index contributed by atoms with van der Waals surface area (Å²) in [6, 6.07) is 6.42. The van der Waals surface area contributed by atoms with Crippen LogP contribution in [-0.4, -0.2) is 41.0 Å². The molecule has 1 heterocycles. The summed E-state index contributed by atoms with van der Waals surface area (Å²) < 4.78 is 0. The number of hydrogen-bond donors (Lipinski definition) is 3. The van der Waals surface area contributed by atoms with Crippen molar-refractivity contribution in [2.24, 2.45) is 17.6 Å². The number of amides is 3. The SMILES string of the molecule is CC1CC(C(=O)O)CN(C(=O)NCc2cccc(C(N)=O)c2)C1. The molecule has 1 aromatic carbocycles. The van der Waals surface area contributed by atoms with Crippen molar-refractivity contribution in [3.05, 3.63) is 35.4 Å². The van der Waals surface area contributed by atoms with Gasteiger partial charge in [-0.05, 0) is 30.0 Å². The number of likely N-dealkylation sites (tertiary alicyclic amines) is 1. The first-order valence-corrected chi connectivity index (χ1v) is 7.51. The lowest BCUT2D eigenvalue weighted by Crippen LogP contribution is -2.49. The molecule has 3 amide bonds. The summed E-state index contributed by atoms with van der Waals surface area (Å²) in [6.45, 7) is 2.94. The maximum Gasteiger partial charge on any atom is 0.317 e. The number of hydrogen-bond acceptors (Lipinski definition) is 3. The number of carboxylic acids is 1. The first-order valence-electron chi connectivity index (χ1n) is 7.51. The molecule has 23 heavy (non-hydrogen) atoms. The number of nitrogens with two attached hydrogens (primary N) is 1. The van der Waals surface area contributed by atoms with E-state index in [1.807, 2.05) is 6.92 Å². The molecule has 1 aromatic rings. The highest BCUT2D eigenvalue weighted by Crippen LogP contribution is 2.21. The Labute approximate surface area is 134 Å². The number of carbonyl (C=O) groups is 3. The van der Waals surface area contributed by atoms with Gasteiger partial charge in [0.25, 0.3) is 0 Å². The van der Waals surface area contributed by atoms with Crippen molar-refractivity contribution >= 4 is 17.9 Å². The van der Waals surface area contributed by atoms with Crippen LogP contribution in [0.1, 0.15) is 29.3 Å². The van der Waals surface area contributed by atoms with Crippen LogP contribution >= 0.6 is 0 Å². The number of nitrogens with one attached hydrogen (secondary N) is 1. The number of carboxylic acid groups (broad SMARTS) is 1. The predicted molar refractivity (Wildman–Crippen MR) is 83.7 cm³/mol. The highest BCUT2D eigenvalue weighted by atomic mass is 16.4. The minimum atomic E-state index is -0.872. The Morgan fingerprint density at radius 3 is 2.74 bits per heavy atom. The first kappa shape index (κ1) is 16.8. The number of piperidine rings is 1. The average molecular weight is 319 g/mol. The molecule has 2 rings (SSSR count). The Morgan fingerprint density at radius 1 is 1.35 bits per heavy atom. The van der Waals surface area contributed by atoms with Crippen LogP contribution in [0.5, 0.6) is 0 Å². The zero-order chi connectivity index (χ0) is 17.0. The molecule has 1 saturated heterocycles. The summed E-state index contributed by atoms with van der Waals surface area (Å²) in [5, 5.41) is 11.9. The molecule has 0 saturated carbocycles. The highest BCUT2D eigenvalue weighted by molar-refractivity contribution is 5.92. The normalized spacial score (nSPS) is 20.8. The van der Waals surface area contributed by atoms with E-state index in [1.54, 1.807) is 24.3 Å². The van der Waals surface area contributed by atoms with Gasteiger partial charge < -0.3 is 21.1 Å². The third-order valence-electron chi connectivity index (χ3n) is 3.95. The summed E-state index contributed by atoms with van der Waals surface area (Å²) in [4.78, 5) is 36.1. The Balaban J connectivity index is 1.95. The van der Waals surface area contributed by atoms with Gasteiger partial charge in [-0.1, -0.05) is 19.1 Å². The van der Waals surface area contributed by atoms with E-state index in [0.29, 0.717) is 18.5 Å². The molecule has 2 atom stereocenters. The number of primary amides is 1. The van der Waals surface area contributed by atoms with E-state index in [0.717, 1.165) is 5.56 Å². The molecular weight excluding hydrogens is 298 g/mol. The third-order valence-corrected chi connectivity index (χ3v) is 3.95. The number of urea groups is 1. The fourth-order valence-electron chi connectivity index (χ4n) is 2.82. The number of rotatable bonds is 4. The minimum Gasteiger partial charge on any atom is -0.481 e. The Kier molecular flexibility index (Phi) is 5.20. The zero-order valence-corrected chi connectivity index (χ0v) is 13.0. The summed E-state index contributed by atoms with van der Waals surface area (Å²) >= 11 is 0. The molecule has 7 heteroatoms. The van der Waals surface area contributed by atoms with Crippen LogP contribution in [0.2, 0.25) is 0 Å². The standard InChI is InChI=1S/C16H21N3O4/c1-10-5-13(15(21)22)9-19(8-10)16(23)18-7-11-3-2-4-12(6-11)14(17)20/h2-4,6,10,13H,5,7-9H2,1H3,(H2,17,20)(H,18,23)(H,21,22). The van der Waals surface area contributed by atoms with Crippen molar-refractivity contribution < 1.29 is 19.5 Å². The predicted octanol–water partition coefficient (Wildman–Crippen LogP) is 1.04. The molecule has 1 aliphatic heterocycles. The molecule has 0 aromatic heterocycles. The smallest absolute Gasteiger partial charge is 0.317 e. The lowest BCUT2D eigenvalue weighted by atomic mass is 9.91. The van der Waals surface area contributed by atoms with Crippen molar-refractivity contribution in [1.82, 2.24) is 10.2 Å². The molecule has 2 unspecified atom stereocenters. The van der Waals surface area contributed by atoms with Crippen LogP contribution in [0, 0.1) is 11.8 Å². The fraction of sp³-hybridized carbons (Fsp3) is 0.438. The number of aliphatic carboxylic acids is 1. The van der Waals surface area contributed by atoms with E-state index in [-0.39, 0.29) is 25.0 Å². The topological polar surface area (TPSA) is 113 Å². The van der Waals surface area contributed by atoms with Crippen molar-refractivity contribution in [3.8, 4) is 0 Å². The Hall–Kier alpha value is -2.57. The minimum absolute atomic E-state index is 0.147. The summed E-state index contributed by atoms with van der Waals surface area (Å²) in [5.74, 6) is -1.77. The van der Waals surface area contributed by atoms with Crippen molar-refractivity contribution in [1.29, 1.82) is 0 Å². The van der Waals surface area contributed by atoms with Gasteiger partial charge in [0.15, 0.2) is 0 Å². The van der Waals surface area contributed by atoms with Gasteiger partial charge >= 0.3 is 12.0 Å². The van der Waals surface area contributed by atoms with Crippen LogP contribution < -0.4 is 11.1 Å². The molecular formula is C16H21N3O4. The van der Waals surface area contributed by atoms with Crippen LogP contribution in [-0.2, 0) is 11.3 Å². The van der Waals surface area contributed by atoms with Gasteiger partial charge in [0.05, 0.1) is 5.92 Å². The lowest BCUT2D eigenvalue weighted by Gasteiger charge is -2.34. The number of nitrogens with zero attached hydrogens (tertiary/aromatic N) is 1. The molecule has 4 N–H and O–H groups in total. The monoisotopic (exact) mass is 319 g/mol. The fourth-order valence-corrected chi connectivity index (χ4v) is 2.82. The average Bonchev–Trinajstić information content (AvgIpc) is 2.52. The largest absolute Gasteiger partial charge is 0.481 e. The first-order chi connectivity index (χ1) is 10.9. The van der Waals surface area contributed by atoms with E-state index in [4.69, 9.17) is 10.8 Å². The Morgan fingerprint density at radius 2 is 2.09 bits per heavy atom. The van der Waals surface area contributed by atoms with Crippen LogP contribution in [0.3, 0.4) is 0 Å². The van der Waals surface area contributed by atoms with Gasteiger partial charge in [-0.25, -0.2) is 4.79 Å². The second-order valence-corrected chi connectivity index (χ2v) is 6.00. The second-order valence-electron chi connectivity index (χ2n) is 6.00. The zero-order valence-electron chi connectivity index (χ0n) is 13.0. The van der Waals surface area contributed by atoms with E-state index in [9.17, 15) is 14.4 Å². The van der Waals surface area contributed by atoms with Gasteiger partial charge in [0.2, 0.25) is 5.91 Å². The van der Waals surface area contributed by atoms with E-state index < -0.39 is 17.8 Å². The van der Waals surface area contributed by atoms with Gasteiger partial charge in [0.1, 0.15) is 0 Å².